The van der Waals surface area contributed by atoms with Crippen LogP contribution in [0.5, 0.6) is 0 Å². The maximum absolute atomic E-state index is 4.22. The summed E-state index contributed by atoms with van der Waals surface area (Å²) in [5.74, 6) is 0. The molecule has 0 saturated carbocycles. The van der Waals surface area contributed by atoms with Gasteiger partial charge in [0.15, 0.2) is 0 Å². The maximum atomic E-state index is 4.22. The van der Waals surface area contributed by atoms with E-state index >= 15 is 0 Å². The zero-order chi connectivity index (χ0) is 9.68. The van der Waals surface area contributed by atoms with Gasteiger partial charge < -0.3 is 5.32 Å². The zero-order valence-electron chi connectivity index (χ0n) is 8.75. The first kappa shape index (κ1) is 10.3. The van der Waals surface area contributed by atoms with Gasteiger partial charge in [-0.15, -0.1) is 0 Å². The van der Waals surface area contributed by atoms with E-state index in [1.54, 1.807) is 0 Å². The predicted octanol–water partition coefficient (Wildman–Crippen LogP) is 1.79. The van der Waals surface area contributed by atoms with Crippen LogP contribution in [0.3, 0.4) is 0 Å². The first-order valence-corrected chi connectivity index (χ1v) is 5.02. The third-order valence-corrected chi connectivity index (χ3v) is 2.35. The minimum absolute atomic E-state index is 0.584. The van der Waals surface area contributed by atoms with E-state index < -0.39 is 0 Å². The van der Waals surface area contributed by atoms with Crippen molar-refractivity contribution in [2.75, 3.05) is 0 Å². The van der Waals surface area contributed by atoms with Crippen molar-refractivity contribution in [3.63, 3.8) is 0 Å². The molecule has 0 fully saturated rings. The zero-order valence-corrected chi connectivity index (χ0v) is 8.75. The Morgan fingerprint density at radius 1 is 1.54 bits per heavy atom. The third-order valence-electron chi connectivity index (χ3n) is 2.35. The van der Waals surface area contributed by atoms with Gasteiger partial charge in [0.05, 0.1) is 5.69 Å². The molecular formula is C10H19N3. The highest BCUT2D eigenvalue weighted by Gasteiger charge is 2.01. The highest BCUT2D eigenvalue weighted by molar-refractivity contribution is 4.99. The second-order valence-corrected chi connectivity index (χ2v) is 3.33. The lowest BCUT2D eigenvalue weighted by molar-refractivity contribution is 0.506. The largest absolute Gasteiger partial charge is 0.309 e. The van der Waals surface area contributed by atoms with E-state index in [-0.39, 0.29) is 0 Å². The van der Waals surface area contributed by atoms with Gasteiger partial charge in [-0.3, -0.25) is 4.68 Å². The van der Waals surface area contributed by atoms with Crippen LogP contribution in [0.1, 0.15) is 32.9 Å². The summed E-state index contributed by atoms with van der Waals surface area (Å²) < 4.78 is 2.02. The number of nitrogens with zero attached hydrogens (tertiary/aromatic N) is 2. The second kappa shape index (κ2) is 5.02. The molecule has 1 atom stereocenters. The topological polar surface area (TPSA) is 29.9 Å². The minimum atomic E-state index is 0.584. The molecule has 0 aliphatic carbocycles. The molecule has 0 radical (unpaired) electrons. The smallest absolute Gasteiger partial charge is 0.0522 e. The Morgan fingerprint density at radius 2 is 2.31 bits per heavy atom. The van der Waals surface area contributed by atoms with Crippen molar-refractivity contribution in [3.8, 4) is 0 Å². The Hall–Kier alpha value is -0.830. The van der Waals surface area contributed by atoms with E-state index in [4.69, 9.17) is 0 Å². The number of nitrogens with one attached hydrogen (secondary N) is 1. The van der Waals surface area contributed by atoms with Crippen LogP contribution < -0.4 is 5.32 Å². The number of rotatable bonds is 5. The summed E-state index contributed by atoms with van der Waals surface area (Å²) >= 11 is 0. The van der Waals surface area contributed by atoms with Gasteiger partial charge >= 0.3 is 0 Å². The highest BCUT2D eigenvalue weighted by Crippen LogP contribution is 1.99. The quantitative estimate of drug-likeness (QED) is 0.750. The van der Waals surface area contributed by atoms with E-state index in [1.165, 1.54) is 12.1 Å². The molecule has 1 heterocycles. The molecule has 0 aliphatic heterocycles. The molecule has 1 rings (SSSR count). The third kappa shape index (κ3) is 2.84. The SMILES string of the molecule is CCC(C)NCc1ccnn1CC. The lowest BCUT2D eigenvalue weighted by Crippen LogP contribution is -2.25. The molecule has 1 unspecified atom stereocenters. The molecule has 3 nitrogen and oxygen atoms in total. The van der Waals surface area contributed by atoms with Crippen molar-refractivity contribution in [1.82, 2.24) is 15.1 Å². The summed E-state index contributed by atoms with van der Waals surface area (Å²) in [5, 5.41) is 7.66. The van der Waals surface area contributed by atoms with Crippen LogP contribution in [0.2, 0.25) is 0 Å². The van der Waals surface area contributed by atoms with Crippen molar-refractivity contribution in [2.24, 2.45) is 0 Å². The number of hydrogen-bond donors (Lipinski definition) is 1. The summed E-state index contributed by atoms with van der Waals surface area (Å²) in [4.78, 5) is 0. The molecular weight excluding hydrogens is 162 g/mol. The summed E-state index contributed by atoms with van der Waals surface area (Å²) in [7, 11) is 0. The first-order chi connectivity index (χ1) is 6.27. The average molecular weight is 181 g/mol. The van der Waals surface area contributed by atoms with Gasteiger partial charge in [0.2, 0.25) is 0 Å². The average Bonchev–Trinajstić information content (AvgIpc) is 2.61. The molecule has 0 aromatic carbocycles. The van der Waals surface area contributed by atoms with Gasteiger partial charge in [-0.1, -0.05) is 6.92 Å². The Morgan fingerprint density at radius 3 is 2.92 bits per heavy atom. The van der Waals surface area contributed by atoms with Gasteiger partial charge in [0.1, 0.15) is 0 Å². The summed E-state index contributed by atoms with van der Waals surface area (Å²) in [6.45, 7) is 8.37. The Balaban J connectivity index is 2.44. The normalized spacial score (nSPS) is 13.2. The van der Waals surface area contributed by atoms with E-state index in [0.717, 1.165) is 13.1 Å². The van der Waals surface area contributed by atoms with Crippen molar-refractivity contribution in [2.45, 2.75) is 46.3 Å². The van der Waals surface area contributed by atoms with Crippen LogP contribution in [0.4, 0.5) is 0 Å². The van der Waals surface area contributed by atoms with Gasteiger partial charge in [0.25, 0.3) is 0 Å². The molecule has 74 valence electrons. The lowest BCUT2D eigenvalue weighted by Gasteiger charge is -2.11. The molecule has 0 saturated heterocycles. The van der Waals surface area contributed by atoms with Gasteiger partial charge in [-0.2, -0.15) is 5.10 Å². The first-order valence-electron chi connectivity index (χ1n) is 5.02. The van der Waals surface area contributed by atoms with Crippen LogP contribution in [0.15, 0.2) is 12.3 Å². The Labute approximate surface area is 80.1 Å². The standard InChI is InChI=1S/C10H19N3/c1-4-9(3)11-8-10-6-7-12-13(10)5-2/h6-7,9,11H,4-5,8H2,1-3H3. The molecule has 0 spiro atoms. The van der Waals surface area contributed by atoms with E-state index in [1.807, 2.05) is 10.9 Å². The summed E-state index contributed by atoms with van der Waals surface area (Å²) in [6.07, 6.45) is 3.03. The summed E-state index contributed by atoms with van der Waals surface area (Å²) in [6, 6.07) is 2.65. The Bertz CT molecular complexity index is 242. The van der Waals surface area contributed by atoms with Crippen LogP contribution in [0.25, 0.3) is 0 Å². The number of hydrogen-bond acceptors (Lipinski definition) is 2. The predicted molar refractivity (Wildman–Crippen MR) is 54.5 cm³/mol. The van der Waals surface area contributed by atoms with E-state index in [9.17, 15) is 0 Å². The Kier molecular flexibility index (Phi) is 3.96. The highest BCUT2D eigenvalue weighted by atomic mass is 15.3. The molecule has 1 N–H and O–H groups in total. The summed E-state index contributed by atoms with van der Waals surface area (Å²) in [5.41, 5.74) is 1.27. The van der Waals surface area contributed by atoms with Crippen LogP contribution in [-0.2, 0) is 13.1 Å². The minimum Gasteiger partial charge on any atom is -0.309 e. The van der Waals surface area contributed by atoms with Gasteiger partial charge in [-0.25, -0.2) is 0 Å². The second-order valence-electron chi connectivity index (χ2n) is 3.33. The number of aromatic nitrogens is 2. The fourth-order valence-corrected chi connectivity index (χ4v) is 1.22. The molecule has 0 amide bonds. The van der Waals surface area contributed by atoms with Gasteiger partial charge in [0, 0.05) is 25.3 Å². The van der Waals surface area contributed by atoms with Crippen molar-refractivity contribution in [3.05, 3.63) is 18.0 Å². The number of aryl methyl sites for hydroxylation is 1. The van der Waals surface area contributed by atoms with Gasteiger partial charge in [-0.05, 0) is 26.3 Å². The van der Waals surface area contributed by atoms with Crippen LogP contribution in [-0.4, -0.2) is 15.8 Å². The van der Waals surface area contributed by atoms with E-state index in [2.05, 4.69) is 37.3 Å². The van der Waals surface area contributed by atoms with Crippen molar-refractivity contribution in [1.29, 1.82) is 0 Å². The fourth-order valence-electron chi connectivity index (χ4n) is 1.22. The van der Waals surface area contributed by atoms with Crippen molar-refractivity contribution >= 4 is 0 Å². The molecule has 13 heavy (non-hydrogen) atoms. The maximum Gasteiger partial charge on any atom is 0.0522 e. The molecule has 1 aromatic heterocycles. The molecule has 0 bridgehead atoms. The molecule has 0 aliphatic rings. The van der Waals surface area contributed by atoms with Crippen LogP contribution in [0, 0.1) is 0 Å². The molecule has 1 aromatic rings. The fraction of sp³-hybridized carbons (Fsp3) is 0.700. The lowest BCUT2D eigenvalue weighted by atomic mass is 10.2. The molecule has 3 heteroatoms. The monoisotopic (exact) mass is 181 g/mol. The van der Waals surface area contributed by atoms with E-state index in [0.29, 0.717) is 6.04 Å². The van der Waals surface area contributed by atoms with Crippen molar-refractivity contribution < 1.29 is 0 Å². The van der Waals surface area contributed by atoms with Crippen LogP contribution >= 0.6 is 0 Å².